The summed E-state index contributed by atoms with van der Waals surface area (Å²) in [7, 11) is 0. The summed E-state index contributed by atoms with van der Waals surface area (Å²) in [5, 5.41) is 2.47. The van der Waals surface area contributed by atoms with Crippen molar-refractivity contribution in [1.82, 2.24) is 4.57 Å². The van der Waals surface area contributed by atoms with E-state index in [4.69, 9.17) is 0 Å². The Morgan fingerprint density at radius 1 is 0.356 bits per heavy atom. The van der Waals surface area contributed by atoms with Gasteiger partial charge in [-0.2, -0.15) is 0 Å². The summed E-state index contributed by atoms with van der Waals surface area (Å²) in [5.74, 6) is 0. The molecule has 2 nitrogen and oxygen atoms in total. The van der Waals surface area contributed by atoms with Gasteiger partial charge in [0, 0.05) is 38.9 Å². The summed E-state index contributed by atoms with van der Waals surface area (Å²) in [6, 6.07) is 79.8. The Balaban J connectivity index is 1.12. The highest BCUT2D eigenvalue weighted by Gasteiger charge is 2.36. The van der Waals surface area contributed by atoms with Crippen LogP contribution in [0.1, 0.15) is 25.0 Å². The zero-order chi connectivity index (χ0) is 39.5. The number of para-hydroxylation sites is 1. The molecule has 0 atom stereocenters. The molecule has 1 heterocycles. The molecule has 1 aromatic heterocycles. The predicted octanol–water partition coefficient (Wildman–Crippen LogP) is 15.6. The summed E-state index contributed by atoms with van der Waals surface area (Å²) < 4.78 is 2.42. The summed E-state index contributed by atoms with van der Waals surface area (Å²) in [6.07, 6.45) is 0. The van der Waals surface area contributed by atoms with Crippen LogP contribution >= 0.6 is 0 Å². The number of rotatable bonds is 7. The number of fused-ring (bicyclic) bond motifs is 6. The molecule has 0 unspecified atom stereocenters. The van der Waals surface area contributed by atoms with E-state index in [0.717, 1.165) is 22.7 Å². The Bertz CT molecular complexity index is 3140. The molecule has 0 spiro atoms. The molecule has 59 heavy (non-hydrogen) atoms. The van der Waals surface area contributed by atoms with E-state index in [1.54, 1.807) is 0 Å². The molecular weight excluding hydrogens is 713 g/mol. The smallest absolute Gasteiger partial charge is 0.0547 e. The maximum Gasteiger partial charge on any atom is 0.0547 e. The van der Waals surface area contributed by atoms with E-state index in [9.17, 15) is 0 Å². The van der Waals surface area contributed by atoms with Crippen LogP contribution in [0.15, 0.2) is 218 Å². The second-order valence-electron chi connectivity index (χ2n) is 16.2. The minimum absolute atomic E-state index is 0.189. The lowest BCUT2D eigenvalue weighted by molar-refractivity contribution is 0.660. The highest BCUT2D eigenvalue weighted by atomic mass is 15.1. The standard InChI is InChI=1S/C57H42N2/c1-57(2)52-36-43(40-18-9-4-10-19-40)28-33-49(52)50-34-31-47(38-53(50)57)58(45-29-26-41(27-30-45)39-16-7-3-8-17-39)46-32-35-54-51(37-46)56-48(42-20-11-5-12-21-42)24-15-25-55(56)59(54)44-22-13-6-14-23-44/h3-38H,1-2H3. The molecule has 11 rings (SSSR count). The average Bonchev–Trinajstić information content (AvgIpc) is 3.75. The van der Waals surface area contributed by atoms with E-state index < -0.39 is 0 Å². The van der Waals surface area contributed by atoms with E-state index in [1.165, 1.54) is 77.4 Å². The van der Waals surface area contributed by atoms with Crippen molar-refractivity contribution in [3.63, 3.8) is 0 Å². The van der Waals surface area contributed by atoms with Gasteiger partial charge in [-0.25, -0.2) is 0 Å². The Morgan fingerprint density at radius 2 is 0.864 bits per heavy atom. The number of hydrogen-bond donors (Lipinski definition) is 0. The summed E-state index contributed by atoms with van der Waals surface area (Å²) in [4.78, 5) is 2.44. The number of nitrogens with zero attached hydrogens (tertiary/aromatic N) is 2. The summed E-state index contributed by atoms with van der Waals surface area (Å²) in [6.45, 7) is 4.76. The second-order valence-corrected chi connectivity index (χ2v) is 16.2. The predicted molar refractivity (Wildman–Crippen MR) is 249 cm³/mol. The molecule has 0 bridgehead atoms. The fraction of sp³-hybridized carbons (Fsp3) is 0.0526. The van der Waals surface area contributed by atoms with Gasteiger partial charge in [0.05, 0.1) is 11.0 Å². The van der Waals surface area contributed by atoms with Crippen molar-refractivity contribution in [3.05, 3.63) is 230 Å². The van der Waals surface area contributed by atoms with Crippen molar-refractivity contribution in [3.8, 4) is 50.2 Å². The topological polar surface area (TPSA) is 8.17 Å². The fourth-order valence-corrected chi connectivity index (χ4v) is 9.47. The lowest BCUT2D eigenvalue weighted by Gasteiger charge is -2.28. The van der Waals surface area contributed by atoms with E-state index in [-0.39, 0.29) is 5.41 Å². The van der Waals surface area contributed by atoms with Crippen LogP contribution in [0, 0.1) is 0 Å². The molecule has 0 N–H and O–H groups in total. The number of anilines is 3. The molecule has 1 aliphatic rings. The summed E-state index contributed by atoms with van der Waals surface area (Å²) in [5.41, 5.74) is 19.4. The molecule has 0 fully saturated rings. The van der Waals surface area contributed by atoms with Crippen molar-refractivity contribution in [2.75, 3.05) is 4.90 Å². The normalized spacial score (nSPS) is 12.7. The zero-order valence-corrected chi connectivity index (χ0v) is 33.2. The van der Waals surface area contributed by atoms with Gasteiger partial charge in [-0.05, 0) is 122 Å². The fourth-order valence-electron chi connectivity index (χ4n) is 9.47. The van der Waals surface area contributed by atoms with Gasteiger partial charge in [0.2, 0.25) is 0 Å². The van der Waals surface area contributed by atoms with Crippen LogP contribution in [-0.4, -0.2) is 4.57 Å². The molecule has 0 radical (unpaired) electrons. The van der Waals surface area contributed by atoms with E-state index in [2.05, 4.69) is 242 Å². The Labute approximate surface area is 345 Å². The SMILES string of the molecule is CC1(C)c2cc(-c3ccccc3)ccc2-c2ccc(N(c3ccc(-c4ccccc4)cc3)c3ccc4c(c3)c3c(-c5ccccc5)cccc3n4-c3ccccc3)cc21. The van der Waals surface area contributed by atoms with Gasteiger partial charge in [-0.15, -0.1) is 0 Å². The molecule has 0 saturated carbocycles. The third-order valence-corrected chi connectivity index (χ3v) is 12.4. The first-order valence-electron chi connectivity index (χ1n) is 20.5. The van der Waals surface area contributed by atoms with Crippen LogP contribution in [0.25, 0.3) is 72.0 Å². The first kappa shape index (κ1) is 34.8. The van der Waals surface area contributed by atoms with Crippen molar-refractivity contribution in [2.24, 2.45) is 0 Å². The zero-order valence-electron chi connectivity index (χ0n) is 33.2. The lowest BCUT2D eigenvalue weighted by atomic mass is 9.81. The maximum absolute atomic E-state index is 2.44. The van der Waals surface area contributed by atoms with Gasteiger partial charge in [0.1, 0.15) is 0 Å². The van der Waals surface area contributed by atoms with E-state index >= 15 is 0 Å². The molecule has 280 valence electrons. The van der Waals surface area contributed by atoms with Crippen molar-refractivity contribution in [2.45, 2.75) is 19.3 Å². The van der Waals surface area contributed by atoms with Gasteiger partial charge >= 0.3 is 0 Å². The Morgan fingerprint density at radius 3 is 1.54 bits per heavy atom. The molecular formula is C57H42N2. The van der Waals surface area contributed by atoms with Crippen LogP contribution in [0.4, 0.5) is 17.1 Å². The summed E-state index contributed by atoms with van der Waals surface area (Å²) >= 11 is 0. The van der Waals surface area contributed by atoms with E-state index in [0.29, 0.717) is 0 Å². The first-order valence-corrected chi connectivity index (χ1v) is 20.5. The van der Waals surface area contributed by atoms with Crippen LogP contribution in [-0.2, 0) is 5.41 Å². The van der Waals surface area contributed by atoms with E-state index in [1.807, 2.05) is 0 Å². The van der Waals surface area contributed by atoms with Gasteiger partial charge in [0.15, 0.2) is 0 Å². The molecule has 0 amide bonds. The van der Waals surface area contributed by atoms with Crippen LogP contribution in [0.2, 0.25) is 0 Å². The van der Waals surface area contributed by atoms with Crippen molar-refractivity contribution in [1.29, 1.82) is 0 Å². The molecule has 0 saturated heterocycles. The van der Waals surface area contributed by atoms with Gasteiger partial charge in [-0.1, -0.05) is 166 Å². The number of hydrogen-bond acceptors (Lipinski definition) is 1. The largest absolute Gasteiger partial charge is 0.310 e. The van der Waals surface area contributed by atoms with Crippen molar-refractivity contribution < 1.29 is 0 Å². The molecule has 1 aliphatic carbocycles. The third-order valence-electron chi connectivity index (χ3n) is 12.4. The lowest BCUT2D eigenvalue weighted by Crippen LogP contribution is -2.16. The van der Waals surface area contributed by atoms with Gasteiger partial charge in [0.25, 0.3) is 0 Å². The molecule has 0 aliphatic heterocycles. The quantitative estimate of drug-likeness (QED) is 0.157. The molecule has 2 heteroatoms. The third kappa shape index (κ3) is 5.79. The van der Waals surface area contributed by atoms with Gasteiger partial charge < -0.3 is 9.47 Å². The minimum Gasteiger partial charge on any atom is -0.310 e. The second kappa shape index (κ2) is 13.9. The highest BCUT2D eigenvalue weighted by Crippen LogP contribution is 2.52. The van der Waals surface area contributed by atoms with Gasteiger partial charge in [-0.3, -0.25) is 0 Å². The number of benzene rings is 9. The number of aromatic nitrogens is 1. The highest BCUT2D eigenvalue weighted by molar-refractivity contribution is 6.16. The average molecular weight is 755 g/mol. The Kier molecular flexibility index (Phi) is 8.20. The molecule has 9 aromatic carbocycles. The monoisotopic (exact) mass is 754 g/mol. The van der Waals surface area contributed by atoms with Crippen molar-refractivity contribution >= 4 is 38.9 Å². The maximum atomic E-state index is 2.44. The Hall–Kier alpha value is -7.42. The van der Waals surface area contributed by atoms with Crippen LogP contribution in [0.5, 0.6) is 0 Å². The molecule has 10 aromatic rings. The minimum atomic E-state index is -0.189. The first-order chi connectivity index (χ1) is 29.0. The van der Waals surface area contributed by atoms with Crippen LogP contribution < -0.4 is 4.90 Å². The van der Waals surface area contributed by atoms with Crippen LogP contribution in [0.3, 0.4) is 0 Å².